The summed E-state index contributed by atoms with van der Waals surface area (Å²) in [7, 11) is 0. The number of hydrogen-bond acceptors (Lipinski definition) is 5. The van der Waals surface area contributed by atoms with Gasteiger partial charge in [0.25, 0.3) is 0 Å². The molecule has 154 valence electrons. The summed E-state index contributed by atoms with van der Waals surface area (Å²) in [6.45, 7) is 3.60. The molecule has 0 saturated carbocycles. The number of benzene rings is 2. The molecule has 1 saturated heterocycles. The van der Waals surface area contributed by atoms with Crippen molar-refractivity contribution in [3.05, 3.63) is 70.3 Å². The summed E-state index contributed by atoms with van der Waals surface area (Å²) in [4.78, 5) is 0. The van der Waals surface area contributed by atoms with Crippen molar-refractivity contribution in [1.29, 1.82) is 0 Å². The first-order valence-electron chi connectivity index (χ1n) is 9.92. The molecule has 1 fully saturated rings. The largest absolute Gasteiger partial charge is 0.394 e. The second-order valence-corrected chi connectivity index (χ2v) is 7.46. The van der Waals surface area contributed by atoms with Gasteiger partial charge in [0.05, 0.1) is 6.61 Å². The van der Waals surface area contributed by atoms with Gasteiger partial charge < -0.3 is 25.2 Å². The lowest BCUT2D eigenvalue weighted by Gasteiger charge is -2.40. The maximum absolute atomic E-state index is 10.4. The Morgan fingerprint density at radius 3 is 2.34 bits per heavy atom. The average Bonchev–Trinajstić information content (AvgIpc) is 2.73. The zero-order valence-corrected chi connectivity index (χ0v) is 16.7. The summed E-state index contributed by atoms with van der Waals surface area (Å²) in [5.74, 6) is 6.17. The number of aliphatic hydroxyl groups is 4. The minimum Gasteiger partial charge on any atom is -0.394 e. The van der Waals surface area contributed by atoms with Gasteiger partial charge in [-0.2, -0.15) is 0 Å². The van der Waals surface area contributed by atoms with Crippen molar-refractivity contribution >= 4 is 0 Å². The topological polar surface area (TPSA) is 90.2 Å². The third kappa shape index (κ3) is 4.87. The van der Waals surface area contributed by atoms with E-state index in [4.69, 9.17) is 4.74 Å². The summed E-state index contributed by atoms with van der Waals surface area (Å²) in [5, 5.41) is 39.9. The van der Waals surface area contributed by atoms with E-state index >= 15 is 0 Å². The number of rotatable bonds is 4. The Morgan fingerprint density at radius 2 is 1.69 bits per heavy atom. The normalized spacial score (nSPS) is 26.6. The molecule has 3 rings (SSSR count). The predicted molar refractivity (Wildman–Crippen MR) is 110 cm³/mol. The highest BCUT2D eigenvalue weighted by Gasteiger charge is 2.43. The lowest BCUT2D eigenvalue weighted by Crippen LogP contribution is -2.55. The number of ether oxygens (including phenoxy) is 1. The minimum atomic E-state index is -1.38. The fraction of sp³-hybridized carbons (Fsp3) is 0.417. The Labute approximate surface area is 171 Å². The van der Waals surface area contributed by atoms with E-state index in [2.05, 4.69) is 24.0 Å². The summed E-state index contributed by atoms with van der Waals surface area (Å²) in [5.41, 5.74) is 5.01. The highest BCUT2D eigenvalue weighted by atomic mass is 16.5. The highest BCUT2D eigenvalue weighted by Crippen LogP contribution is 2.33. The first-order valence-corrected chi connectivity index (χ1v) is 9.92. The molecule has 0 aromatic heterocycles. The van der Waals surface area contributed by atoms with Gasteiger partial charge in [0.2, 0.25) is 0 Å². The molecule has 2 aromatic carbocycles. The summed E-state index contributed by atoms with van der Waals surface area (Å²) in [6, 6.07) is 13.9. The third-order valence-corrected chi connectivity index (χ3v) is 5.35. The smallest absolute Gasteiger partial charge is 0.113 e. The van der Waals surface area contributed by atoms with Crippen LogP contribution in [0.15, 0.2) is 42.5 Å². The van der Waals surface area contributed by atoms with E-state index in [0.717, 1.165) is 28.7 Å². The molecule has 5 heteroatoms. The number of aryl methyl sites for hydroxylation is 1. The monoisotopic (exact) mass is 396 g/mol. The second-order valence-electron chi connectivity index (χ2n) is 7.46. The van der Waals surface area contributed by atoms with Crippen LogP contribution in [0.4, 0.5) is 0 Å². The Balaban J connectivity index is 1.82. The summed E-state index contributed by atoms with van der Waals surface area (Å²) in [6.07, 6.45) is -4.22. The van der Waals surface area contributed by atoms with Crippen LogP contribution >= 0.6 is 0 Å². The second kappa shape index (κ2) is 9.53. The Bertz CT molecular complexity index is 878. The molecule has 29 heavy (non-hydrogen) atoms. The molecule has 0 spiro atoms. The van der Waals surface area contributed by atoms with Crippen LogP contribution in [0.2, 0.25) is 0 Å². The molecule has 2 unspecified atom stereocenters. The van der Waals surface area contributed by atoms with E-state index in [1.54, 1.807) is 0 Å². The van der Waals surface area contributed by atoms with Crippen LogP contribution in [0.25, 0.3) is 0 Å². The van der Waals surface area contributed by atoms with E-state index in [0.29, 0.717) is 12.0 Å². The van der Waals surface area contributed by atoms with E-state index in [9.17, 15) is 20.4 Å². The van der Waals surface area contributed by atoms with Crippen LogP contribution in [0, 0.1) is 18.8 Å². The van der Waals surface area contributed by atoms with Gasteiger partial charge in [-0.15, -0.1) is 0 Å². The molecule has 5 atom stereocenters. The van der Waals surface area contributed by atoms with Crippen molar-refractivity contribution in [1.82, 2.24) is 0 Å². The quantitative estimate of drug-likeness (QED) is 0.593. The van der Waals surface area contributed by atoms with E-state index in [-0.39, 0.29) is 0 Å². The van der Waals surface area contributed by atoms with Crippen molar-refractivity contribution < 1.29 is 25.2 Å². The number of hydrogen-bond donors (Lipinski definition) is 4. The average molecular weight is 396 g/mol. The van der Waals surface area contributed by atoms with Crippen molar-refractivity contribution in [2.75, 3.05) is 6.61 Å². The number of aliphatic hydroxyl groups excluding tert-OH is 4. The maximum Gasteiger partial charge on any atom is 0.113 e. The first kappa shape index (κ1) is 21.5. The van der Waals surface area contributed by atoms with E-state index in [1.165, 1.54) is 0 Å². The molecule has 0 aliphatic carbocycles. The molecule has 0 radical (unpaired) electrons. The van der Waals surface area contributed by atoms with Crippen LogP contribution in [0.5, 0.6) is 0 Å². The van der Waals surface area contributed by atoms with Gasteiger partial charge in [0.1, 0.15) is 30.5 Å². The highest BCUT2D eigenvalue weighted by molar-refractivity contribution is 5.40. The van der Waals surface area contributed by atoms with Gasteiger partial charge in [-0.05, 0) is 47.7 Å². The molecule has 1 heterocycles. The van der Waals surface area contributed by atoms with Crippen molar-refractivity contribution in [3.8, 4) is 11.8 Å². The fourth-order valence-electron chi connectivity index (χ4n) is 3.55. The molecule has 0 amide bonds. The molecule has 4 N–H and O–H groups in total. The standard InChI is InChI=1S/C24H28O5/c1-3-4-5-16-7-9-17(10-8-16)12-19-13-18(11-6-15(19)2)24-23(28)22(27)21(26)20(14-25)29-24/h6-11,13,20-28H,3,12,14H2,1-2H3/t20?,21-,22+,23-,24?/m1/s1. The SMILES string of the molecule is CCC#Cc1ccc(Cc2cc(C3OC(CO)[C@@H](O)[C@H](O)[C@H]3O)ccc2C)cc1. The fourth-order valence-corrected chi connectivity index (χ4v) is 3.55. The lowest BCUT2D eigenvalue weighted by molar-refractivity contribution is -0.231. The van der Waals surface area contributed by atoms with Gasteiger partial charge in [-0.3, -0.25) is 0 Å². The Kier molecular flexibility index (Phi) is 7.07. The van der Waals surface area contributed by atoms with Crippen LogP contribution in [0.1, 0.15) is 47.3 Å². The third-order valence-electron chi connectivity index (χ3n) is 5.35. The van der Waals surface area contributed by atoms with Crippen molar-refractivity contribution in [2.45, 2.75) is 57.2 Å². The molecule has 5 nitrogen and oxygen atoms in total. The van der Waals surface area contributed by atoms with Gasteiger partial charge in [0.15, 0.2) is 0 Å². The molecule has 1 aliphatic heterocycles. The molecule has 1 aliphatic rings. The van der Waals surface area contributed by atoms with Gasteiger partial charge in [-0.1, -0.05) is 49.1 Å². The van der Waals surface area contributed by atoms with Crippen LogP contribution < -0.4 is 0 Å². The Hall–Kier alpha value is -2.20. The maximum atomic E-state index is 10.4. The van der Waals surface area contributed by atoms with Gasteiger partial charge in [-0.25, -0.2) is 0 Å². The molecular weight excluding hydrogens is 368 g/mol. The van der Waals surface area contributed by atoms with Crippen molar-refractivity contribution in [2.24, 2.45) is 0 Å². The molecule has 0 bridgehead atoms. The first-order chi connectivity index (χ1) is 13.9. The minimum absolute atomic E-state index is 0.437. The lowest BCUT2D eigenvalue weighted by atomic mass is 9.89. The molecule has 2 aromatic rings. The zero-order valence-electron chi connectivity index (χ0n) is 16.7. The molecular formula is C24H28O5. The van der Waals surface area contributed by atoms with Gasteiger partial charge >= 0.3 is 0 Å². The van der Waals surface area contributed by atoms with Gasteiger partial charge in [0, 0.05) is 12.0 Å². The Morgan fingerprint density at radius 1 is 0.966 bits per heavy atom. The summed E-state index contributed by atoms with van der Waals surface area (Å²) < 4.78 is 5.69. The van der Waals surface area contributed by atoms with Crippen LogP contribution in [-0.4, -0.2) is 51.4 Å². The predicted octanol–water partition coefficient (Wildman–Crippen LogP) is 1.86. The van der Waals surface area contributed by atoms with E-state index in [1.807, 2.05) is 44.2 Å². The van der Waals surface area contributed by atoms with Crippen molar-refractivity contribution in [3.63, 3.8) is 0 Å². The van der Waals surface area contributed by atoms with Crippen LogP contribution in [-0.2, 0) is 11.2 Å². The van der Waals surface area contributed by atoms with Crippen LogP contribution in [0.3, 0.4) is 0 Å². The van der Waals surface area contributed by atoms with E-state index < -0.39 is 37.1 Å². The summed E-state index contributed by atoms with van der Waals surface area (Å²) >= 11 is 0. The zero-order chi connectivity index (χ0) is 21.0.